The molecule has 2 amide bonds. The molecule has 2 aliphatic rings. The molecule has 0 saturated carbocycles. The Balaban J connectivity index is 1.16. The van der Waals surface area contributed by atoms with Crippen molar-refractivity contribution >= 4 is 28.5 Å². The lowest BCUT2D eigenvalue weighted by Crippen LogP contribution is -2.45. The maximum absolute atomic E-state index is 13.2. The summed E-state index contributed by atoms with van der Waals surface area (Å²) in [6.07, 6.45) is 4.40. The molecular formula is C25H30N6O4. The molecule has 3 aromatic rings. The number of benzene rings is 1. The molecule has 10 nitrogen and oxygen atoms in total. The summed E-state index contributed by atoms with van der Waals surface area (Å²) in [5.41, 5.74) is 1.82. The lowest BCUT2D eigenvalue weighted by molar-refractivity contribution is -0.389. The monoisotopic (exact) mass is 478 g/mol. The Morgan fingerprint density at radius 3 is 2.46 bits per heavy atom. The number of amides is 2. The molecule has 0 bridgehead atoms. The summed E-state index contributed by atoms with van der Waals surface area (Å²) < 4.78 is 3.63. The van der Waals surface area contributed by atoms with Gasteiger partial charge in [0.1, 0.15) is 11.9 Å². The van der Waals surface area contributed by atoms with E-state index in [-0.39, 0.29) is 29.5 Å². The van der Waals surface area contributed by atoms with Gasteiger partial charge in [0.25, 0.3) is 5.91 Å². The number of para-hydroxylation sites is 1. The van der Waals surface area contributed by atoms with Gasteiger partial charge in [0.15, 0.2) is 0 Å². The van der Waals surface area contributed by atoms with E-state index >= 15 is 0 Å². The second kappa shape index (κ2) is 8.83. The molecule has 1 spiro atoms. The van der Waals surface area contributed by atoms with Crippen LogP contribution in [0.3, 0.4) is 0 Å². The van der Waals surface area contributed by atoms with E-state index in [0.717, 1.165) is 36.7 Å². The number of rotatable bonds is 5. The molecule has 2 aromatic heterocycles. The Hall–Kier alpha value is -3.69. The van der Waals surface area contributed by atoms with E-state index in [0.29, 0.717) is 37.7 Å². The van der Waals surface area contributed by atoms with Crippen molar-refractivity contribution in [2.24, 2.45) is 12.5 Å². The number of likely N-dealkylation sites (tertiary alicyclic amines) is 2. The highest BCUT2D eigenvalue weighted by molar-refractivity contribution is 5.98. The number of nitrogens with zero attached hydrogens (tertiary/aromatic N) is 6. The van der Waals surface area contributed by atoms with Crippen LogP contribution in [-0.4, -0.2) is 66.8 Å². The molecule has 0 N–H and O–H groups in total. The lowest BCUT2D eigenvalue weighted by Gasteiger charge is -2.39. The standard InChI is InChI=1S/C25H30N6O4/c1-18-26-22(31(34)35)16-29(18)11-7-23(32)30-14-10-25(17-30)8-12-28(13-9-25)24(33)21-15-19-5-3-4-6-20(19)27(21)2/h3-6,15-16H,7-14,17H2,1-2H3. The fourth-order valence-corrected chi connectivity index (χ4v) is 5.58. The number of hydrogen-bond donors (Lipinski definition) is 0. The number of nitro groups is 1. The number of aromatic nitrogens is 3. The molecule has 0 unspecified atom stereocenters. The lowest BCUT2D eigenvalue weighted by atomic mass is 9.77. The summed E-state index contributed by atoms with van der Waals surface area (Å²) in [6, 6.07) is 9.98. The predicted octanol–water partition coefficient (Wildman–Crippen LogP) is 3.14. The normalized spacial score (nSPS) is 17.4. The molecule has 0 atom stereocenters. The highest BCUT2D eigenvalue weighted by Gasteiger charge is 2.43. The van der Waals surface area contributed by atoms with Crippen LogP contribution in [0, 0.1) is 22.5 Å². The molecular weight excluding hydrogens is 448 g/mol. The number of carbonyl (C=O) groups is 2. The van der Waals surface area contributed by atoms with E-state index in [2.05, 4.69) is 4.98 Å². The van der Waals surface area contributed by atoms with Gasteiger partial charge >= 0.3 is 5.82 Å². The van der Waals surface area contributed by atoms with Crippen LogP contribution in [0.2, 0.25) is 0 Å². The molecule has 0 aliphatic carbocycles. The molecule has 35 heavy (non-hydrogen) atoms. The van der Waals surface area contributed by atoms with Gasteiger partial charge < -0.3 is 29.0 Å². The number of piperidine rings is 1. The van der Waals surface area contributed by atoms with Crippen LogP contribution < -0.4 is 0 Å². The van der Waals surface area contributed by atoms with Crippen molar-refractivity contribution in [1.82, 2.24) is 23.9 Å². The molecule has 5 rings (SSSR count). The van der Waals surface area contributed by atoms with Crippen molar-refractivity contribution in [3.63, 3.8) is 0 Å². The predicted molar refractivity (Wildman–Crippen MR) is 130 cm³/mol. The Morgan fingerprint density at radius 1 is 1.11 bits per heavy atom. The van der Waals surface area contributed by atoms with Crippen LogP contribution in [0.4, 0.5) is 5.82 Å². The zero-order valence-electron chi connectivity index (χ0n) is 20.1. The second-order valence-electron chi connectivity index (χ2n) is 9.85. The fourth-order valence-electron chi connectivity index (χ4n) is 5.58. The Morgan fingerprint density at radius 2 is 1.80 bits per heavy atom. The van der Waals surface area contributed by atoms with Crippen molar-refractivity contribution in [3.05, 3.63) is 58.2 Å². The summed E-state index contributed by atoms with van der Waals surface area (Å²) in [4.78, 5) is 44.3. The molecule has 184 valence electrons. The van der Waals surface area contributed by atoms with E-state index in [1.807, 2.05) is 51.7 Å². The quantitative estimate of drug-likeness (QED) is 0.414. The van der Waals surface area contributed by atoms with Gasteiger partial charge in [-0.2, -0.15) is 0 Å². The third-order valence-corrected chi connectivity index (χ3v) is 7.79. The van der Waals surface area contributed by atoms with Gasteiger partial charge in [-0.15, -0.1) is 0 Å². The van der Waals surface area contributed by atoms with Crippen molar-refractivity contribution in [2.45, 2.75) is 39.2 Å². The van der Waals surface area contributed by atoms with Crippen LogP contribution in [0.5, 0.6) is 0 Å². The largest absolute Gasteiger partial charge is 0.381 e. The average molecular weight is 479 g/mol. The topological polar surface area (TPSA) is 107 Å². The maximum atomic E-state index is 13.2. The fraction of sp³-hybridized carbons (Fsp3) is 0.480. The van der Waals surface area contributed by atoms with Crippen LogP contribution in [0.25, 0.3) is 10.9 Å². The molecule has 2 saturated heterocycles. The van der Waals surface area contributed by atoms with Crippen LogP contribution in [-0.2, 0) is 18.4 Å². The number of imidazole rings is 1. The summed E-state index contributed by atoms with van der Waals surface area (Å²) in [5.74, 6) is 0.464. The number of aryl methyl sites for hydroxylation is 3. The summed E-state index contributed by atoms with van der Waals surface area (Å²) in [5, 5.41) is 12.0. The maximum Gasteiger partial charge on any atom is 0.381 e. The first-order valence-corrected chi connectivity index (χ1v) is 12.1. The molecule has 1 aromatic carbocycles. The molecule has 2 aliphatic heterocycles. The molecule has 2 fully saturated rings. The average Bonchev–Trinajstić information content (AvgIpc) is 3.54. The number of carbonyl (C=O) groups excluding carboxylic acids is 2. The third-order valence-electron chi connectivity index (χ3n) is 7.79. The minimum absolute atomic E-state index is 0.0617. The van der Waals surface area contributed by atoms with Crippen molar-refractivity contribution < 1.29 is 14.5 Å². The van der Waals surface area contributed by atoms with E-state index in [9.17, 15) is 19.7 Å². The van der Waals surface area contributed by atoms with Crippen molar-refractivity contribution in [1.29, 1.82) is 0 Å². The van der Waals surface area contributed by atoms with E-state index in [1.165, 1.54) is 6.20 Å². The second-order valence-corrected chi connectivity index (χ2v) is 9.85. The summed E-state index contributed by atoms with van der Waals surface area (Å²) in [6.45, 7) is 4.91. The molecule has 4 heterocycles. The summed E-state index contributed by atoms with van der Waals surface area (Å²) >= 11 is 0. The number of fused-ring (bicyclic) bond motifs is 1. The van der Waals surface area contributed by atoms with Gasteiger partial charge in [-0.1, -0.05) is 18.2 Å². The first kappa shape index (κ1) is 23.1. The van der Waals surface area contributed by atoms with Crippen LogP contribution >= 0.6 is 0 Å². The molecule has 0 radical (unpaired) electrons. The Labute approximate surface area is 203 Å². The summed E-state index contributed by atoms with van der Waals surface area (Å²) in [7, 11) is 1.94. The SMILES string of the molecule is Cc1nc([N+](=O)[O-])cn1CCC(=O)N1CCC2(CCN(C(=O)c3cc4ccccc4n3C)CC2)C1. The Kier molecular flexibility index (Phi) is 5.82. The van der Waals surface area contributed by atoms with Crippen molar-refractivity contribution in [3.8, 4) is 0 Å². The molecule has 10 heteroatoms. The Bertz CT molecular complexity index is 1300. The first-order valence-electron chi connectivity index (χ1n) is 12.1. The van der Waals surface area contributed by atoms with E-state index in [1.54, 1.807) is 11.5 Å². The number of hydrogen-bond acceptors (Lipinski definition) is 5. The van der Waals surface area contributed by atoms with Gasteiger partial charge in [0.2, 0.25) is 11.7 Å². The highest BCUT2D eigenvalue weighted by atomic mass is 16.6. The van der Waals surface area contributed by atoms with Gasteiger partial charge in [0.05, 0.1) is 0 Å². The van der Waals surface area contributed by atoms with E-state index < -0.39 is 4.92 Å². The smallest absolute Gasteiger partial charge is 0.358 e. The van der Waals surface area contributed by atoms with Gasteiger partial charge in [-0.3, -0.25) is 9.59 Å². The van der Waals surface area contributed by atoms with Crippen LogP contribution in [0.15, 0.2) is 36.5 Å². The van der Waals surface area contributed by atoms with Crippen LogP contribution in [0.1, 0.15) is 42.0 Å². The third kappa shape index (κ3) is 4.28. The van der Waals surface area contributed by atoms with Gasteiger partial charge in [-0.25, -0.2) is 0 Å². The minimum Gasteiger partial charge on any atom is -0.358 e. The zero-order chi connectivity index (χ0) is 24.7. The van der Waals surface area contributed by atoms with Gasteiger partial charge in [0, 0.05) is 64.0 Å². The van der Waals surface area contributed by atoms with E-state index in [4.69, 9.17) is 0 Å². The van der Waals surface area contributed by atoms with Gasteiger partial charge in [-0.05, 0) is 46.7 Å². The zero-order valence-corrected chi connectivity index (χ0v) is 20.1. The minimum atomic E-state index is -0.521. The highest BCUT2D eigenvalue weighted by Crippen LogP contribution is 2.41. The van der Waals surface area contributed by atoms with Crippen molar-refractivity contribution in [2.75, 3.05) is 26.2 Å². The first-order chi connectivity index (χ1) is 16.8.